The molecule has 140 valence electrons. The summed E-state index contributed by atoms with van der Waals surface area (Å²) < 4.78 is 1.82. The molecule has 4 N–H and O–H groups in total. The number of aliphatic imine (C=N–C) groups is 1. The van der Waals surface area contributed by atoms with Crippen molar-refractivity contribution in [1.82, 2.24) is 25.7 Å². The smallest absolute Gasteiger partial charge is 0.319 e. The van der Waals surface area contributed by atoms with Gasteiger partial charge in [-0.25, -0.2) is 4.79 Å². The molecule has 0 fully saturated rings. The third-order valence-electron chi connectivity index (χ3n) is 3.67. The second-order valence-electron chi connectivity index (χ2n) is 6.18. The predicted molar refractivity (Wildman–Crippen MR) is 104 cm³/mol. The van der Waals surface area contributed by atoms with Gasteiger partial charge in [-0.15, -0.1) is 0 Å². The Kier molecular flexibility index (Phi) is 7.02. The molecule has 0 saturated heterocycles. The molecule has 0 aliphatic carbocycles. The first-order valence-corrected chi connectivity index (χ1v) is 8.55. The number of hydrogen-bond donors (Lipinski definition) is 4. The summed E-state index contributed by atoms with van der Waals surface area (Å²) >= 11 is 0. The Morgan fingerprint density at radius 3 is 2.42 bits per heavy atom. The maximum absolute atomic E-state index is 11.7. The standard InChI is InChI=1S/C18H27N7O/c1-13(2)23-18(26)24-15-7-5-14(6-8-15)11-20-17(19-3)21-12-16-9-10-22-25(16)4/h5-10,13H,11-12H2,1-4H3,(H2,19,20,21)(H2,23,24,26). The summed E-state index contributed by atoms with van der Waals surface area (Å²) in [5.41, 5.74) is 2.91. The molecule has 0 aliphatic heterocycles. The highest BCUT2D eigenvalue weighted by Crippen LogP contribution is 2.09. The van der Waals surface area contributed by atoms with Crippen LogP contribution in [0.5, 0.6) is 0 Å². The van der Waals surface area contributed by atoms with E-state index in [2.05, 4.69) is 31.4 Å². The molecule has 0 bridgehead atoms. The maximum atomic E-state index is 11.7. The van der Waals surface area contributed by atoms with Crippen LogP contribution in [0, 0.1) is 0 Å². The van der Waals surface area contributed by atoms with Gasteiger partial charge in [-0.3, -0.25) is 9.67 Å². The third kappa shape index (κ3) is 6.12. The molecule has 0 unspecified atom stereocenters. The number of aryl methyl sites for hydroxylation is 1. The van der Waals surface area contributed by atoms with Gasteiger partial charge in [-0.05, 0) is 37.6 Å². The topological polar surface area (TPSA) is 95.4 Å². The van der Waals surface area contributed by atoms with E-state index in [0.717, 1.165) is 16.9 Å². The van der Waals surface area contributed by atoms with Gasteiger partial charge in [0.25, 0.3) is 0 Å². The molecule has 0 spiro atoms. The molecule has 0 aliphatic rings. The number of carbonyl (C=O) groups excluding carboxylic acids is 1. The lowest BCUT2D eigenvalue weighted by Crippen LogP contribution is -2.36. The molecular formula is C18H27N7O. The Labute approximate surface area is 154 Å². The Morgan fingerprint density at radius 2 is 1.85 bits per heavy atom. The lowest BCUT2D eigenvalue weighted by Gasteiger charge is -2.13. The van der Waals surface area contributed by atoms with Crippen molar-refractivity contribution in [3.8, 4) is 0 Å². The second-order valence-corrected chi connectivity index (χ2v) is 6.18. The summed E-state index contributed by atoms with van der Waals surface area (Å²) in [4.78, 5) is 15.9. The maximum Gasteiger partial charge on any atom is 0.319 e. The zero-order valence-electron chi connectivity index (χ0n) is 15.7. The van der Waals surface area contributed by atoms with Crippen molar-refractivity contribution in [2.24, 2.45) is 12.0 Å². The second kappa shape index (κ2) is 9.45. The molecule has 8 heteroatoms. The Balaban J connectivity index is 1.80. The van der Waals surface area contributed by atoms with E-state index in [9.17, 15) is 4.79 Å². The number of nitrogens with one attached hydrogen (secondary N) is 4. The van der Waals surface area contributed by atoms with E-state index in [1.807, 2.05) is 55.9 Å². The highest BCUT2D eigenvalue weighted by Gasteiger charge is 2.04. The van der Waals surface area contributed by atoms with E-state index in [-0.39, 0.29) is 12.1 Å². The van der Waals surface area contributed by atoms with Crippen molar-refractivity contribution in [3.63, 3.8) is 0 Å². The van der Waals surface area contributed by atoms with Gasteiger partial charge in [0, 0.05) is 38.6 Å². The van der Waals surface area contributed by atoms with Crippen molar-refractivity contribution in [1.29, 1.82) is 0 Å². The highest BCUT2D eigenvalue weighted by atomic mass is 16.2. The molecule has 26 heavy (non-hydrogen) atoms. The molecule has 2 aromatic rings. The minimum atomic E-state index is -0.203. The largest absolute Gasteiger partial charge is 0.352 e. The van der Waals surface area contributed by atoms with Crippen molar-refractivity contribution >= 4 is 17.7 Å². The number of aromatic nitrogens is 2. The van der Waals surface area contributed by atoms with E-state index < -0.39 is 0 Å². The fourth-order valence-corrected chi connectivity index (χ4v) is 2.29. The first-order valence-electron chi connectivity index (χ1n) is 8.55. The van der Waals surface area contributed by atoms with Gasteiger partial charge in [0.15, 0.2) is 5.96 Å². The van der Waals surface area contributed by atoms with Crippen LogP contribution in [0.1, 0.15) is 25.1 Å². The zero-order chi connectivity index (χ0) is 18.9. The van der Waals surface area contributed by atoms with Gasteiger partial charge in [0.1, 0.15) is 0 Å². The number of anilines is 1. The minimum absolute atomic E-state index is 0.101. The number of amides is 2. The van der Waals surface area contributed by atoms with Crippen LogP contribution in [0.4, 0.5) is 10.5 Å². The van der Waals surface area contributed by atoms with Gasteiger partial charge in [-0.2, -0.15) is 5.10 Å². The van der Waals surface area contributed by atoms with Gasteiger partial charge >= 0.3 is 6.03 Å². The number of benzene rings is 1. The first-order chi connectivity index (χ1) is 12.5. The fourth-order valence-electron chi connectivity index (χ4n) is 2.29. The predicted octanol–water partition coefficient (Wildman–Crippen LogP) is 1.82. The molecule has 0 saturated carbocycles. The van der Waals surface area contributed by atoms with Crippen molar-refractivity contribution in [2.45, 2.75) is 33.0 Å². The Morgan fingerprint density at radius 1 is 1.15 bits per heavy atom. The Hall–Kier alpha value is -3.03. The number of hydrogen-bond acceptors (Lipinski definition) is 3. The minimum Gasteiger partial charge on any atom is -0.352 e. The van der Waals surface area contributed by atoms with Gasteiger partial charge in [-0.1, -0.05) is 12.1 Å². The lowest BCUT2D eigenvalue weighted by atomic mass is 10.2. The number of nitrogens with zero attached hydrogens (tertiary/aromatic N) is 3. The fraction of sp³-hybridized carbons (Fsp3) is 0.389. The van der Waals surface area contributed by atoms with E-state index >= 15 is 0 Å². The van der Waals surface area contributed by atoms with Crippen LogP contribution in [0.2, 0.25) is 0 Å². The van der Waals surface area contributed by atoms with Crippen molar-refractivity contribution in [3.05, 3.63) is 47.8 Å². The van der Waals surface area contributed by atoms with Gasteiger partial charge in [0.05, 0.1) is 12.2 Å². The molecule has 8 nitrogen and oxygen atoms in total. The van der Waals surface area contributed by atoms with E-state index in [4.69, 9.17) is 0 Å². The quantitative estimate of drug-likeness (QED) is 0.468. The zero-order valence-corrected chi connectivity index (χ0v) is 15.7. The summed E-state index contributed by atoms with van der Waals surface area (Å²) in [6.07, 6.45) is 1.77. The van der Waals surface area contributed by atoms with Crippen LogP contribution in [0.25, 0.3) is 0 Å². The number of guanidine groups is 1. The highest BCUT2D eigenvalue weighted by molar-refractivity contribution is 5.89. The molecule has 1 heterocycles. The van der Waals surface area contributed by atoms with Crippen molar-refractivity contribution in [2.75, 3.05) is 12.4 Å². The monoisotopic (exact) mass is 357 g/mol. The molecule has 0 atom stereocenters. The summed E-state index contributed by atoms with van der Waals surface area (Å²) in [5.74, 6) is 0.713. The molecule has 0 radical (unpaired) electrons. The van der Waals surface area contributed by atoms with Crippen LogP contribution >= 0.6 is 0 Å². The lowest BCUT2D eigenvalue weighted by molar-refractivity contribution is 0.250. The van der Waals surface area contributed by atoms with Crippen LogP contribution in [0.15, 0.2) is 41.5 Å². The number of rotatable bonds is 6. The molecule has 1 aromatic carbocycles. The summed E-state index contributed by atoms with van der Waals surface area (Å²) in [7, 11) is 3.64. The number of carbonyl (C=O) groups is 1. The van der Waals surface area contributed by atoms with E-state index in [1.165, 1.54) is 0 Å². The summed E-state index contributed by atoms with van der Waals surface area (Å²) in [6, 6.07) is 9.54. The van der Waals surface area contributed by atoms with Crippen molar-refractivity contribution < 1.29 is 4.79 Å². The molecule has 1 aromatic heterocycles. The number of urea groups is 1. The first kappa shape index (κ1) is 19.3. The van der Waals surface area contributed by atoms with Gasteiger partial charge in [0.2, 0.25) is 0 Å². The third-order valence-corrected chi connectivity index (χ3v) is 3.67. The van der Waals surface area contributed by atoms with E-state index in [1.54, 1.807) is 13.2 Å². The molecule has 2 amide bonds. The van der Waals surface area contributed by atoms with Gasteiger partial charge < -0.3 is 21.3 Å². The van der Waals surface area contributed by atoms with Crippen LogP contribution in [0.3, 0.4) is 0 Å². The van der Waals surface area contributed by atoms with Crippen LogP contribution in [-0.2, 0) is 20.1 Å². The van der Waals surface area contributed by atoms with Crippen LogP contribution < -0.4 is 21.3 Å². The van der Waals surface area contributed by atoms with E-state index in [0.29, 0.717) is 19.0 Å². The summed E-state index contributed by atoms with van der Waals surface area (Å²) in [5, 5.41) is 16.2. The summed E-state index contributed by atoms with van der Waals surface area (Å²) in [6.45, 7) is 5.11. The molecule has 2 rings (SSSR count). The van der Waals surface area contributed by atoms with Crippen LogP contribution in [-0.4, -0.2) is 34.9 Å². The SMILES string of the molecule is CN=C(NCc1ccc(NC(=O)NC(C)C)cc1)NCc1ccnn1C. The average molecular weight is 357 g/mol. The average Bonchev–Trinajstić information content (AvgIpc) is 3.01. The molecular weight excluding hydrogens is 330 g/mol. The normalized spacial score (nSPS) is 11.3. The Bertz CT molecular complexity index is 734.